The summed E-state index contributed by atoms with van der Waals surface area (Å²) in [4.78, 5) is 8.32. The maximum Gasteiger partial charge on any atom is 0.159 e. The number of hydrogen-bond donors (Lipinski definition) is 2. The van der Waals surface area contributed by atoms with Gasteiger partial charge in [-0.3, -0.25) is 0 Å². The number of nitrogens with zero attached hydrogens (tertiary/aromatic N) is 4. The Morgan fingerprint density at radius 3 is 2.87 bits per heavy atom. The van der Waals surface area contributed by atoms with Gasteiger partial charge < -0.3 is 5.43 Å². The molecule has 0 saturated heterocycles. The summed E-state index contributed by atoms with van der Waals surface area (Å²) in [6.45, 7) is 1.79. The van der Waals surface area contributed by atoms with E-state index in [9.17, 15) is 0 Å². The monoisotopic (exact) mass is 268 g/mol. The SMILES string of the molecule is Cc1nc(NN)cc(-n2cc(Br)cn2)n1. The van der Waals surface area contributed by atoms with Crippen molar-refractivity contribution in [3.63, 3.8) is 0 Å². The molecule has 0 amide bonds. The molecular formula is C8H9BrN6. The lowest BCUT2D eigenvalue weighted by molar-refractivity contribution is 0.828. The van der Waals surface area contributed by atoms with Gasteiger partial charge in [0, 0.05) is 12.3 Å². The van der Waals surface area contributed by atoms with Crippen molar-refractivity contribution in [1.82, 2.24) is 19.7 Å². The molecule has 7 heteroatoms. The topological polar surface area (TPSA) is 81.6 Å². The quantitative estimate of drug-likeness (QED) is 0.628. The van der Waals surface area contributed by atoms with Crippen LogP contribution in [0.3, 0.4) is 0 Å². The first kappa shape index (κ1) is 10.1. The highest BCUT2D eigenvalue weighted by atomic mass is 79.9. The first-order chi connectivity index (χ1) is 7.19. The molecule has 0 fully saturated rings. The lowest BCUT2D eigenvalue weighted by Crippen LogP contribution is -2.11. The Morgan fingerprint density at radius 1 is 1.47 bits per heavy atom. The molecule has 0 bridgehead atoms. The predicted octanol–water partition coefficient (Wildman–Crippen LogP) is 1.02. The molecule has 2 aromatic rings. The van der Waals surface area contributed by atoms with Crippen LogP contribution in [0.5, 0.6) is 0 Å². The summed E-state index contributed by atoms with van der Waals surface area (Å²) in [5.41, 5.74) is 2.48. The minimum absolute atomic E-state index is 0.559. The minimum atomic E-state index is 0.559. The van der Waals surface area contributed by atoms with Crippen molar-refractivity contribution in [3.8, 4) is 5.82 Å². The summed E-state index contributed by atoms with van der Waals surface area (Å²) < 4.78 is 2.53. The lowest BCUT2D eigenvalue weighted by atomic mass is 10.5. The Labute approximate surface area is 94.6 Å². The van der Waals surface area contributed by atoms with Crippen LogP contribution < -0.4 is 11.3 Å². The van der Waals surface area contributed by atoms with Crippen LogP contribution in [0.4, 0.5) is 5.82 Å². The molecular weight excluding hydrogens is 260 g/mol. The van der Waals surface area contributed by atoms with E-state index >= 15 is 0 Å². The van der Waals surface area contributed by atoms with E-state index in [1.54, 1.807) is 23.9 Å². The molecule has 0 radical (unpaired) electrons. The Hall–Kier alpha value is -1.47. The van der Waals surface area contributed by atoms with Gasteiger partial charge in [-0.2, -0.15) is 5.10 Å². The van der Waals surface area contributed by atoms with Crippen molar-refractivity contribution < 1.29 is 0 Å². The molecule has 2 heterocycles. The molecule has 0 aromatic carbocycles. The molecule has 2 aromatic heterocycles. The van der Waals surface area contributed by atoms with E-state index in [0.717, 1.165) is 4.47 Å². The van der Waals surface area contributed by atoms with Crippen LogP contribution in [0.15, 0.2) is 22.9 Å². The van der Waals surface area contributed by atoms with Crippen LogP contribution in [0.2, 0.25) is 0 Å². The van der Waals surface area contributed by atoms with E-state index in [1.165, 1.54) is 0 Å². The average molecular weight is 269 g/mol. The first-order valence-electron chi connectivity index (χ1n) is 4.22. The summed E-state index contributed by atoms with van der Waals surface area (Å²) in [5, 5.41) is 4.11. The number of aryl methyl sites for hydroxylation is 1. The van der Waals surface area contributed by atoms with E-state index in [0.29, 0.717) is 17.5 Å². The summed E-state index contributed by atoms with van der Waals surface area (Å²) >= 11 is 3.32. The van der Waals surface area contributed by atoms with Crippen molar-refractivity contribution in [2.24, 2.45) is 5.84 Å². The van der Waals surface area contributed by atoms with E-state index in [2.05, 4.69) is 36.4 Å². The Morgan fingerprint density at radius 2 is 2.27 bits per heavy atom. The zero-order chi connectivity index (χ0) is 10.8. The van der Waals surface area contributed by atoms with E-state index in [1.807, 2.05) is 6.20 Å². The second kappa shape index (κ2) is 3.95. The summed E-state index contributed by atoms with van der Waals surface area (Å²) in [6.07, 6.45) is 3.50. The second-order valence-corrected chi connectivity index (χ2v) is 3.82. The van der Waals surface area contributed by atoms with Crippen molar-refractivity contribution in [2.75, 3.05) is 5.43 Å². The smallest absolute Gasteiger partial charge is 0.159 e. The molecule has 2 rings (SSSR count). The second-order valence-electron chi connectivity index (χ2n) is 2.91. The van der Waals surface area contributed by atoms with Crippen molar-refractivity contribution in [1.29, 1.82) is 0 Å². The van der Waals surface area contributed by atoms with Gasteiger partial charge in [-0.25, -0.2) is 20.5 Å². The number of rotatable bonds is 2. The van der Waals surface area contributed by atoms with E-state index < -0.39 is 0 Å². The van der Waals surface area contributed by atoms with Crippen LogP contribution in [-0.2, 0) is 0 Å². The third kappa shape index (κ3) is 2.13. The summed E-state index contributed by atoms with van der Waals surface area (Å²) in [5.74, 6) is 7.15. The Kier molecular flexibility index (Phi) is 2.65. The number of nitrogens with two attached hydrogens (primary N) is 1. The van der Waals surface area contributed by atoms with E-state index in [4.69, 9.17) is 5.84 Å². The van der Waals surface area contributed by atoms with Gasteiger partial charge in [0.15, 0.2) is 5.82 Å². The third-order valence-corrected chi connectivity index (χ3v) is 2.17. The zero-order valence-electron chi connectivity index (χ0n) is 7.98. The van der Waals surface area contributed by atoms with Crippen LogP contribution in [-0.4, -0.2) is 19.7 Å². The average Bonchev–Trinajstić information content (AvgIpc) is 2.64. The van der Waals surface area contributed by atoms with Crippen LogP contribution in [0.1, 0.15) is 5.82 Å². The molecule has 78 valence electrons. The number of hydrogen-bond acceptors (Lipinski definition) is 5. The highest BCUT2D eigenvalue weighted by Crippen LogP contribution is 2.13. The van der Waals surface area contributed by atoms with Crippen LogP contribution >= 0.6 is 15.9 Å². The van der Waals surface area contributed by atoms with E-state index in [-0.39, 0.29) is 0 Å². The molecule has 15 heavy (non-hydrogen) atoms. The largest absolute Gasteiger partial charge is 0.308 e. The number of halogens is 1. The third-order valence-electron chi connectivity index (χ3n) is 1.76. The number of aromatic nitrogens is 4. The molecule has 0 unspecified atom stereocenters. The highest BCUT2D eigenvalue weighted by Gasteiger charge is 2.04. The number of nitrogens with one attached hydrogen (secondary N) is 1. The first-order valence-corrected chi connectivity index (χ1v) is 5.01. The van der Waals surface area contributed by atoms with Crippen molar-refractivity contribution >= 4 is 21.7 Å². The summed E-state index contributed by atoms with van der Waals surface area (Å²) in [6, 6.07) is 1.71. The standard InChI is InChI=1S/C8H9BrN6/c1-5-12-7(14-10)2-8(13-5)15-4-6(9)3-11-15/h2-4H,10H2,1H3,(H,12,13,14). The number of hydrazine groups is 1. The molecule has 0 atom stereocenters. The predicted molar refractivity (Wildman–Crippen MR) is 59.4 cm³/mol. The van der Waals surface area contributed by atoms with Crippen LogP contribution in [0.25, 0.3) is 5.82 Å². The van der Waals surface area contributed by atoms with Gasteiger partial charge in [0.2, 0.25) is 0 Å². The molecule has 3 N–H and O–H groups in total. The fourth-order valence-corrected chi connectivity index (χ4v) is 1.45. The van der Waals surface area contributed by atoms with Gasteiger partial charge in [0.1, 0.15) is 11.6 Å². The maximum atomic E-state index is 5.29. The van der Waals surface area contributed by atoms with Gasteiger partial charge in [-0.05, 0) is 22.9 Å². The van der Waals surface area contributed by atoms with Crippen molar-refractivity contribution in [3.05, 3.63) is 28.8 Å². The summed E-state index contributed by atoms with van der Waals surface area (Å²) in [7, 11) is 0. The molecule has 0 spiro atoms. The number of anilines is 1. The van der Waals surface area contributed by atoms with Crippen molar-refractivity contribution in [2.45, 2.75) is 6.92 Å². The molecule has 0 aliphatic rings. The number of nitrogen functional groups attached to an aromatic ring is 1. The van der Waals surface area contributed by atoms with Gasteiger partial charge in [-0.15, -0.1) is 0 Å². The maximum absolute atomic E-state index is 5.29. The van der Waals surface area contributed by atoms with Gasteiger partial charge in [0.05, 0.1) is 10.7 Å². The lowest BCUT2D eigenvalue weighted by Gasteiger charge is -2.04. The Balaban J connectivity index is 2.48. The normalized spacial score (nSPS) is 10.3. The minimum Gasteiger partial charge on any atom is -0.308 e. The van der Waals surface area contributed by atoms with Gasteiger partial charge >= 0.3 is 0 Å². The zero-order valence-corrected chi connectivity index (χ0v) is 9.56. The van der Waals surface area contributed by atoms with Gasteiger partial charge in [-0.1, -0.05) is 0 Å². The fraction of sp³-hybridized carbons (Fsp3) is 0.125. The van der Waals surface area contributed by atoms with Gasteiger partial charge in [0.25, 0.3) is 0 Å². The highest BCUT2D eigenvalue weighted by molar-refractivity contribution is 9.10. The van der Waals surface area contributed by atoms with Crippen LogP contribution in [0, 0.1) is 6.92 Å². The molecule has 6 nitrogen and oxygen atoms in total. The Bertz CT molecular complexity index is 480. The fourth-order valence-electron chi connectivity index (χ4n) is 1.17. The molecule has 0 aliphatic carbocycles. The molecule has 0 saturated carbocycles. The molecule has 0 aliphatic heterocycles.